The molecular formula is C14H15N3O2S2. The molecule has 0 atom stereocenters. The van der Waals surface area contributed by atoms with E-state index in [-0.39, 0.29) is 12.3 Å². The van der Waals surface area contributed by atoms with Gasteiger partial charge in [0.2, 0.25) is 10.0 Å². The highest BCUT2D eigenvalue weighted by molar-refractivity contribution is 7.88. The minimum atomic E-state index is -3.41. The highest BCUT2D eigenvalue weighted by Gasteiger charge is 2.11. The highest BCUT2D eigenvalue weighted by atomic mass is 32.2. The number of pyridine rings is 1. The Hall–Kier alpha value is -1.83. The normalized spacial score (nSPS) is 11.2. The first-order chi connectivity index (χ1) is 9.96. The van der Waals surface area contributed by atoms with Gasteiger partial charge in [-0.2, -0.15) is 0 Å². The largest absolute Gasteiger partial charge is 0.389 e. The molecule has 2 aromatic rings. The lowest BCUT2D eigenvalue weighted by Gasteiger charge is -2.07. The highest BCUT2D eigenvalue weighted by Crippen LogP contribution is 2.08. The predicted molar refractivity (Wildman–Crippen MR) is 86.0 cm³/mol. The molecule has 0 amide bonds. The summed E-state index contributed by atoms with van der Waals surface area (Å²) in [6, 6.07) is 10.4. The molecule has 0 fully saturated rings. The van der Waals surface area contributed by atoms with Gasteiger partial charge in [0, 0.05) is 24.5 Å². The summed E-state index contributed by atoms with van der Waals surface area (Å²) < 4.78 is 26.6. The van der Waals surface area contributed by atoms with Gasteiger partial charge in [-0.3, -0.25) is 4.98 Å². The van der Waals surface area contributed by atoms with Crippen molar-refractivity contribution in [3.63, 3.8) is 0 Å². The Balaban J connectivity index is 1.99. The third-order valence-electron chi connectivity index (χ3n) is 2.81. The van der Waals surface area contributed by atoms with Gasteiger partial charge < -0.3 is 5.73 Å². The molecule has 0 radical (unpaired) electrons. The van der Waals surface area contributed by atoms with E-state index in [0.717, 1.165) is 11.1 Å². The van der Waals surface area contributed by atoms with Crippen LogP contribution in [0, 0.1) is 0 Å². The van der Waals surface area contributed by atoms with E-state index in [1.165, 1.54) is 0 Å². The molecule has 2 rings (SSSR count). The van der Waals surface area contributed by atoms with Crippen LogP contribution in [-0.2, 0) is 22.3 Å². The van der Waals surface area contributed by atoms with E-state index in [0.29, 0.717) is 10.6 Å². The summed E-state index contributed by atoms with van der Waals surface area (Å²) in [6.07, 6.45) is 3.26. The number of aromatic nitrogens is 1. The van der Waals surface area contributed by atoms with Crippen molar-refractivity contribution >= 4 is 27.2 Å². The number of nitrogens with zero attached hydrogens (tertiary/aromatic N) is 1. The molecule has 110 valence electrons. The first-order valence-electron chi connectivity index (χ1n) is 6.21. The van der Waals surface area contributed by atoms with Crippen molar-refractivity contribution in [2.45, 2.75) is 12.3 Å². The van der Waals surface area contributed by atoms with Gasteiger partial charge in [-0.05, 0) is 17.2 Å². The molecule has 0 spiro atoms. The minimum Gasteiger partial charge on any atom is -0.389 e. The van der Waals surface area contributed by atoms with Crippen LogP contribution in [0.2, 0.25) is 0 Å². The van der Waals surface area contributed by atoms with Gasteiger partial charge in [-0.15, -0.1) is 0 Å². The zero-order valence-electron chi connectivity index (χ0n) is 11.2. The van der Waals surface area contributed by atoms with Gasteiger partial charge in [-0.25, -0.2) is 13.1 Å². The van der Waals surface area contributed by atoms with Gasteiger partial charge in [0.05, 0.1) is 5.75 Å². The standard InChI is InChI=1S/C14H15N3O2S2/c15-14(20)13-5-3-11(4-6-13)10-21(18,19)17-9-12-2-1-7-16-8-12/h1-8,17H,9-10H2,(H2,15,20). The Labute approximate surface area is 129 Å². The zero-order chi connectivity index (χ0) is 15.3. The van der Waals surface area contributed by atoms with Crippen LogP contribution >= 0.6 is 12.2 Å². The van der Waals surface area contributed by atoms with E-state index in [1.54, 1.807) is 42.7 Å². The smallest absolute Gasteiger partial charge is 0.216 e. The SMILES string of the molecule is NC(=S)c1ccc(CS(=O)(=O)NCc2cccnc2)cc1. The summed E-state index contributed by atoms with van der Waals surface area (Å²) in [6.45, 7) is 0.223. The van der Waals surface area contributed by atoms with Gasteiger partial charge >= 0.3 is 0 Å². The molecule has 0 bridgehead atoms. The van der Waals surface area contributed by atoms with E-state index in [9.17, 15) is 8.42 Å². The molecule has 3 N–H and O–H groups in total. The van der Waals surface area contributed by atoms with Crippen LogP contribution in [0.5, 0.6) is 0 Å². The van der Waals surface area contributed by atoms with Crippen molar-refractivity contribution in [2.24, 2.45) is 5.73 Å². The molecule has 0 saturated heterocycles. The number of rotatable bonds is 6. The Kier molecular flexibility index (Phi) is 5.00. The molecule has 1 heterocycles. The van der Waals surface area contributed by atoms with Gasteiger partial charge in [0.25, 0.3) is 0 Å². The minimum absolute atomic E-state index is 0.0924. The fourth-order valence-corrected chi connectivity index (χ4v) is 2.99. The predicted octanol–water partition coefficient (Wildman–Crippen LogP) is 1.34. The molecule has 1 aromatic carbocycles. The molecule has 5 nitrogen and oxygen atoms in total. The summed E-state index contributed by atoms with van der Waals surface area (Å²) in [5.41, 5.74) is 7.70. The van der Waals surface area contributed by atoms with Gasteiger partial charge in [0.15, 0.2) is 0 Å². The molecule has 0 aliphatic heterocycles. The molecule has 0 aliphatic rings. The molecule has 0 aliphatic carbocycles. The molecule has 0 unspecified atom stereocenters. The quantitative estimate of drug-likeness (QED) is 0.784. The maximum absolute atomic E-state index is 12.0. The third kappa shape index (κ3) is 4.89. The van der Waals surface area contributed by atoms with Gasteiger partial charge in [0.1, 0.15) is 4.99 Å². The topological polar surface area (TPSA) is 85.1 Å². The maximum atomic E-state index is 12.0. The van der Waals surface area contributed by atoms with Crippen molar-refractivity contribution in [3.8, 4) is 0 Å². The van der Waals surface area contributed by atoms with Crippen molar-refractivity contribution in [3.05, 3.63) is 65.5 Å². The van der Waals surface area contributed by atoms with E-state index in [4.69, 9.17) is 18.0 Å². The van der Waals surface area contributed by atoms with Crippen LogP contribution in [0.15, 0.2) is 48.8 Å². The van der Waals surface area contributed by atoms with Crippen LogP contribution in [0.1, 0.15) is 16.7 Å². The Morgan fingerprint density at radius 3 is 2.48 bits per heavy atom. The monoisotopic (exact) mass is 321 g/mol. The molecule has 7 heteroatoms. The van der Waals surface area contributed by atoms with Crippen LogP contribution < -0.4 is 10.5 Å². The second-order valence-corrected chi connectivity index (χ2v) is 6.75. The average molecular weight is 321 g/mol. The summed E-state index contributed by atoms with van der Waals surface area (Å²) >= 11 is 4.85. The van der Waals surface area contributed by atoms with E-state index in [1.807, 2.05) is 6.07 Å². The Morgan fingerprint density at radius 1 is 1.19 bits per heavy atom. The van der Waals surface area contributed by atoms with Crippen LogP contribution in [-0.4, -0.2) is 18.4 Å². The lowest BCUT2D eigenvalue weighted by Crippen LogP contribution is -2.24. The number of benzene rings is 1. The summed E-state index contributed by atoms with van der Waals surface area (Å²) in [4.78, 5) is 4.23. The lowest BCUT2D eigenvalue weighted by atomic mass is 10.1. The van der Waals surface area contributed by atoms with Crippen LogP contribution in [0.25, 0.3) is 0 Å². The van der Waals surface area contributed by atoms with Crippen molar-refractivity contribution in [2.75, 3.05) is 0 Å². The second kappa shape index (κ2) is 6.75. The van der Waals surface area contributed by atoms with E-state index in [2.05, 4.69) is 9.71 Å². The lowest BCUT2D eigenvalue weighted by molar-refractivity contribution is 0.580. The second-order valence-electron chi connectivity index (χ2n) is 4.50. The number of hydrogen-bond acceptors (Lipinski definition) is 4. The summed E-state index contributed by atoms with van der Waals surface area (Å²) in [5, 5.41) is 0. The average Bonchev–Trinajstić information content (AvgIpc) is 2.46. The first-order valence-corrected chi connectivity index (χ1v) is 8.27. The number of hydrogen-bond donors (Lipinski definition) is 2. The fourth-order valence-electron chi connectivity index (χ4n) is 1.73. The van der Waals surface area contributed by atoms with Crippen molar-refractivity contribution < 1.29 is 8.42 Å². The molecular weight excluding hydrogens is 306 g/mol. The van der Waals surface area contributed by atoms with Crippen molar-refractivity contribution in [1.82, 2.24) is 9.71 Å². The third-order valence-corrected chi connectivity index (χ3v) is 4.35. The number of sulfonamides is 1. The Bertz CT molecular complexity index is 714. The van der Waals surface area contributed by atoms with Gasteiger partial charge in [-0.1, -0.05) is 42.5 Å². The number of nitrogens with one attached hydrogen (secondary N) is 1. The van der Waals surface area contributed by atoms with Crippen molar-refractivity contribution in [1.29, 1.82) is 0 Å². The Morgan fingerprint density at radius 2 is 1.90 bits per heavy atom. The fraction of sp³-hybridized carbons (Fsp3) is 0.143. The first kappa shape index (κ1) is 15.6. The number of nitrogens with two attached hydrogens (primary N) is 1. The van der Waals surface area contributed by atoms with Crippen LogP contribution in [0.3, 0.4) is 0 Å². The molecule has 1 aromatic heterocycles. The summed E-state index contributed by atoms with van der Waals surface area (Å²) in [5.74, 6) is -0.0924. The van der Waals surface area contributed by atoms with Crippen LogP contribution in [0.4, 0.5) is 0 Å². The zero-order valence-corrected chi connectivity index (χ0v) is 12.8. The maximum Gasteiger partial charge on any atom is 0.216 e. The summed E-state index contributed by atoms with van der Waals surface area (Å²) in [7, 11) is -3.41. The molecule has 0 saturated carbocycles. The van der Waals surface area contributed by atoms with E-state index >= 15 is 0 Å². The number of thiocarbonyl (C=S) groups is 1. The van der Waals surface area contributed by atoms with E-state index < -0.39 is 10.0 Å². The molecule has 21 heavy (non-hydrogen) atoms.